The number of hydrogen-bond acceptors (Lipinski definition) is 2. The maximum atomic E-state index is 12.4. The first kappa shape index (κ1) is 13.5. The van der Waals surface area contributed by atoms with Crippen LogP contribution in [0.5, 0.6) is 0 Å². The zero-order valence-electron chi connectivity index (χ0n) is 11.1. The van der Waals surface area contributed by atoms with Crippen molar-refractivity contribution in [3.05, 3.63) is 0 Å². The van der Waals surface area contributed by atoms with Crippen LogP contribution in [0.3, 0.4) is 0 Å². The molecule has 0 saturated carbocycles. The molecule has 1 fully saturated rings. The van der Waals surface area contributed by atoms with Crippen LogP contribution in [0.15, 0.2) is 0 Å². The molecule has 1 heterocycles. The van der Waals surface area contributed by atoms with Crippen LogP contribution in [0.1, 0.15) is 47.0 Å². The second-order valence-electron chi connectivity index (χ2n) is 5.12. The Hall–Kier alpha value is -0.570. The molecule has 1 amide bonds. The average Bonchev–Trinajstić information content (AvgIpc) is 2.25. The van der Waals surface area contributed by atoms with E-state index in [2.05, 4.69) is 33.0 Å². The molecule has 1 aliphatic rings. The molecule has 2 atom stereocenters. The van der Waals surface area contributed by atoms with Crippen LogP contribution in [0.4, 0.5) is 0 Å². The normalized spacial score (nSPS) is 25.8. The molecule has 1 aliphatic heterocycles. The Morgan fingerprint density at radius 3 is 2.69 bits per heavy atom. The van der Waals surface area contributed by atoms with Crippen LogP contribution < -0.4 is 5.32 Å². The van der Waals surface area contributed by atoms with Gasteiger partial charge in [0.05, 0.1) is 5.92 Å². The van der Waals surface area contributed by atoms with E-state index in [0.29, 0.717) is 18.0 Å². The molecule has 0 aromatic carbocycles. The molecular weight excluding hydrogens is 200 g/mol. The van der Waals surface area contributed by atoms with E-state index in [1.54, 1.807) is 0 Å². The van der Waals surface area contributed by atoms with Crippen molar-refractivity contribution in [2.75, 3.05) is 13.1 Å². The van der Waals surface area contributed by atoms with Crippen molar-refractivity contribution in [2.24, 2.45) is 5.92 Å². The topological polar surface area (TPSA) is 32.3 Å². The van der Waals surface area contributed by atoms with Gasteiger partial charge in [-0.05, 0) is 46.6 Å². The fourth-order valence-electron chi connectivity index (χ4n) is 2.46. The Kier molecular flexibility index (Phi) is 5.26. The summed E-state index contributed by atoms with van der Waals surface area (Å²) in [4.78, 5) is 14.5. The fourth-order valence-corrected chi connectivity index (χ4v) is 2.46. The third-order valence-corrected chi connectivity index (χ3v) is 3.45. The summed E-state index contributed by atoms with van der Waals surface area (Å²) >= 11 is 0. The van der Waals surface area contributed by atoms with Gasteiger partial charge in [-0.1, -0.05) is 6.92 Å². The molecule has 94 valence electrons. The zero-order chi connectivity index (χ0) is 12.1. The highest BCUT2D eigenvalue weighted by atomic mass is 16.2. The first-order valence-electron chi connectivity index (χ1n) is 6.61. The van der Waals surface area contributed by atoms with Gasteiger partial charge in [-0.2, -0.15) is 0 Å². The number of rotatable bonds is 4. The predicted octanol–water partition coefficient (Wildman–Crippen LogP) is 2.02. The minimum Gasteiger partial charge on any atom is -0.340 e. The Balaban J connectivity index is 2.65. The van der Waals surface area contributed by atoms with E-state index in [0.717, 1.165) is 32.4 Å². The number of hydrogen-bond donors (Lipinski definition) is 1. The van der Waals surface area contributed by atoms with Crippen molar-refractivity contribution in [3.8, 4) is 0 Å². The maximum Gasteiger partial charge on any atom is 0.227 e. The SMILES string of the molecule is CCCN(C(=O)C1CCCNC1C)C(C)C. The van der Waals surface area contributed by atoms with Gasteiger partial charge in [-0.15, -0.1) is 0 Å². The van der Waals surface area contributed by atoms with Gasteiger partial charge in [0.25, 0.3) is 0 Å². The molecule has 0 spiro atoms. The summed E-state index contributed by atoms with van der Waals surface area (Å²) in [5, 5.41) is 3.40. The third kappa shape index (κ3) is 3.21. The summed E-state index contributed by atoms with van der Waals surface area (Å²) < 4.78 is 0. The molecule has 1 rings (SSSR count). The van der Waals surface area contributed by atoms with Gasteiger partial charge in [0, 0.05) is 18.6 Å². The first-order valence-corrected chi connectivity index (χ1v) is 6.61. The van der Waals surface area contributed by atoms with Crippen molar-refractivity contribution in [3.63, 3.8) is 0 Å². The second-order valence-corrected chi connectivity index (χ2v) is 5.12. The lowest BCUT2D eigenvalue weighted by Gasteiger charge is -2.35. The average molecular weight is 226 g/mol. The van der Waals surface area contributed by atoms with Crippen LogP contribution in [0, 0.1) is 5.92 Å². The highest BCUT2D eigenvalue weighted by Crippen LogP contribution is 2.20. The van der Waals surface area contributed by atoms with Crippen LogP contribution in [-0.2, 0) is 4.79 Å². The van der Waals surface area contributed by atoms with E-state index in [-0.39, 0.29) is 5.92 Å². The van der Waals surface area contributed by atoms with Gasteiger partial charge < -0.3 is 10.2 Å². The van der Waals surface area contributed by atoms with E-state index < -0.39 is 0 Å². The minimum absolute atomic E-state index is 0.183. The third-order valence-electron chi connectivity index (χ3n) is 3.45. The molecule has 3 heteroatoms. The molecule has 0 bridgehead atoms. The lowest BCUT2D eigenvalue weighted by molar-refractivity contribution is -0.139. The smallest absolute Gasteiger partial charge is 0.227 e. The van der Waals surface area contributed by atoms with Crippen molar-refractivity contribution in [2.45, 2.75) is 59.0 Å². The monoisotopic (exact) mass is 226 g/mol. The van der Waals surface area contributed by atoms with Crippen molar-refractivity contribution in [1.29, 1.82) is 0 Å². The molecular formula is C13H26N2O. The fraction of sp³-hybridized carbons (Fsp3) is 0.923. The van der Waals surface area contributed by atoms with E-state index in [9.17, 15) is 4.79 Å². The molecule has 1 saturated heterocycles. The minimum atomic E-state index is 0.183. The number of nitrogens with zero attached hydrogens (tertiary/aromatic N) is 1. The number of amides is 1. The standard InChI is InChI=1S/C13H26N2O/c1-5-9-15(10(2)3)13(16)12-7-6-8-14-11(12)4/h10-12,14H,5-9H2,1-4H3. The summed E-state index contributed by atoms with van der Waals surface area (Å²) in [6, 6.07) is 0.654. The van der Waals surface area contributed by atoms with Crippen LogP contribution in [-0.4, -0.2) is 36.0 Å². The Bertz CT molecular complexity index is 222. The summed E-state index contributed by atoms with van der Waals surface area (Å²) in [6.45, 7) is 10.4. The molecule has 3 nitrogen and oxygen atoms in total. The van der Waals surface area contributed by atoms with Gasteiger partial charge in [-0.3, -0.25) is 4.79 Å². The van der Waals surface area contributed by atoms with Gasteiger partial charge in [0.1, 0.15) is 0 Å². The molecule has 2 unspecified atom stereocenters. The van der Waals surface area contributed by atoms with Crippen LogP contribution >= 0.6 is 0 Å². The van der Waals surface area contributed by atoms with E-state index in [1.807, 2.05) is 4.90 Å². The maximum absolute atomic E-state index is 12.4. The van der Waals surface area contributed by atoms with Gasteiger partial charge in [0.15, 0.2) is 0 Å². The number of piperidine rings is 1. The van der Waals surface area contributed by atoms with Crippen molar-refractivity contribution in [1.82, 2.24) is 10.2 Å². The first-order chi connectivity index (χ1) is 7.57. The number of carbonyl (C=O) groups excluding carboxylic acids is 1. The van der Waals surface area contributed by atoms with Crippen molar-refractivity contribution < 1.29 is 4.79 Å². The van der Waals surface area contributed by atoms with Crippen LogP contribution in [0.25, 0.3) is 0 Å². The Morgan fingerprint density at radius 1 is 1.50 bits per heavy atom. The van der Waals surface area contributed by atoms with Gasteiger partial charge >= 0.3 is 0 Å². The largest absolute Gasteiger partial charge is 0.340 e. The van der Waals surface area contributed by atoms with Crippen LogP contribution in [0.2, 0.25) is 0 Å². The molecule has 16 heavy (non-hydrogen) atoms. The summed E-state index contributed by atoms with van der Waals surface area (Å²) in [5.41, 5.74) is 0. The molecule has 0 aromatic rings. The predicted molar refractivity (Wildman–Crippen MR) is 67.3 cm³/mol. The lowest BCUT2D eigenvalue weighted by atomic mass is 9.90. The molecule has 0 aliphatic carbocycles. The quantitative estimate of drug-likeness (QED) is 0.795. The number of carbonyl (C=O) groups is 1. The lowest BCUT2D eigenvalue weighted by Crippen LogP contribution is -2.50. The van der Waals surface area contributed by atoms with Gasteiger partial charge in [0.2, 0.25) is 5.91 Å². The summed E-state index contributed by atoms with van der Waals surface area (Å²) in [7, 11) is 0. The highest BCUT2D eigenvalue weighted by Gasteiger charge is 2.31. The Labute approximate surface area is 99.6 Å². The summed E-state index contributed by atoms with van der Waals surface area (Å²) in [6.07, 6.45) is 3.21. The van der Waals surface area contributed by atoms with E-state index in [1.165, 1.54) is 0 Å². The molecule has 0 radical (unpaired) electrons. The van der Waals surface area contributed by atoms with E-state index in [4.69, 9.17) is 0 Å². The number of nitrogens with one attached hydrogen (secondary N) is 1. The second kappa shape index (κ2) is 6.24. The van der Waals surface area contributed by atoms with Crippen molar-refractivity contribution >= 4 is 5.91 Å². The summed E-state index contributed by atoms with van der Waals surface area (Å²) in [5.74, 6) is 0.527. The zero-order valence-corrected chi connectivity index (χ0v) is 11.1. The van der Waals surface area contributed by atoms with Gasteiger partial charge in [-0.25, -0.2) is 0 Å². The Morgan fingerprint density at radius 2 is 2.19 bits per heavy atom. The van der Waals surface area contributed by atoms with E-state index >= 15 is 0 Å². The highest BCUT2D eigenvalue weighted by molar-refractivity contribution is 5.80. The molecule has 1 N–H and O–H groups in total. The molecule has 0 aromatic heterocycles.